The van der Waals surface area contributed by atoms with Crippen molar-refractivity contribution in [3.8, 4) is 0 Å². The summed E-state index contributed by atoms with van der Waals surface area (Å²) in [4.78, 5) is 2.83. The van der Waals surface area contributed by atoms with Crippen LogP contribution in [0.1, 0.15) is 28.8 Å². The summed E-state index contributed by atoms with van der Waals surface area (Å²) in [6, 6.07) is 0. The summed E-state index contributed by atoms with van der Waals surface area (Å²) < 4.78 is 1.23. The van der Waals surface area contributed by atoms with Crippen LogP contribution in [0.25, 0.3) is 4.91 Å². The van der Waals surface area contributed by atoms with E-state index in [1.807, 2.05) is 41.3 Å². The van der Waals surface area contributed by atoms with Crippen molar-refractivity contribution in [2.75, 3.05) is 0 Å². The van der Waals surface area contributed by atoms with Crippen molar-refractivity contribution in [3.63, 3.8) is 0 Å². The van der Waals surface area contributed by atoms with Gasteiger partial charge in [-0.05, 0) is 52.7 Å². The smallest absolute Gasteiger partial charge is 0.0743 e. The molecular weight excluding hydrogens is 348 g/mol. The van der Waals surface area contributed by atoms with Crippen molar-refractivity contribution in [1.29, 1.82) is 0 Å². The molecule has 106 valence electrons. The maximum Gasteiger partial charge on any atom is 0.0743 e. The number of thiophene rings is 1. The molecule has 0 radical (unpaired) electrons. The molecular formula is C17H19BrS2. The first-order valence-corrected chi connectivity index (χ1v) is 9.20. The molecule has 0 N–H and O–H groups in total. The maximum atomic E-state index is 3.90. The molecule has 1 aromatic rings. The van der Waals surface area contributed by atoms with Gasteiger partial charge in [-0.15, -0.1) is 42.8 Å². The average Bonchev–Trinajstić information content (AvgIpc) is 2.99. The summed E-state index contributed by atoms with van der Waals surface area (Å²) >= 11 is 7.55. The van der Waals surface area contributed by atoms with E-state index >= 15 is 0 Å². The SMILES string of the molecule is C=CCc1c(Br)sc(C2=CCC(CC=C)S2)c1CC=C. The monoisotopic (exact) mass is 366 g/mol. The highest BCUT2D eigenvalue weighted by atomic mass is 79.9. The Morgan fingerprint density at radius 3 is 2.50 bits per heavy atom. The summed E-state index contributed by atoms with van der Waals surface area (Å²) in [7, 11) is 0. The Labute approximate surface area is 138 Å². The summed E-state index contributed by atoms with van der Waals surface area (Å²) in [6.07, 6.45) is 12.4. The third-order valence-corrected chi connectivity index (χ3v) is 6.81. The number of hydrogen-bond donors (Lipinski definition) is 0. The van der Waals surface area contributed by atoms with Gasteiger partial charge in [0.25, 0.3) is 0 Å². The fourth-order valence-corrected chi connectivity index (χ4v) is 5.75. The van der Waals surface area contributed by atoms with Gasteiger partial charge in [0.05, 0.1) is 3.79 Å². The predicted octanol–water partition coefficient (Wildman–Crippen LogP) is 6.39. The maximum absolute atomic E-state index is 3.90. The zero-order valence-electron chi connectivity index (χ0n) is 11.5. The van der Waals surface area contributed by atoms with E-state index in [0.717, 1.165) is 25.7 Å². The number of halogens is 1. The van der Waals surface area contributed by atoms with E-state index in [2.05, 4.69) is 41.7 Å². The molecule has 1 atom stereocenters. The van der Waals surface area contributed by atoms with Gasteiger partial charge in [0.2, 0.25) is 0 Å². The summed E-state index contributed by atoms with van der Waals surface area (Å²) in [5, 5.41) is 0.655. The summed E-state index contributed by atoms with van der Waals surface area (Å²) in [5.41, 5.74) is 2.78. The van der Waals surface area contributed by atoms with Gasteiger partial charge in [0, 0.05) is 15.0 Å². The molecule has 1 aliphatic rings. The highest BCUT2D eigenvalue weighted by molar-refractivity contribution is 9.11. The lowest BCUT2D eigenvalue weighted by Crippen LogP contribution is -1.94. The Morgan fingerprint density at radius 1 is 1.15 bits per heavy atom. The van der Waals surface area contributed by atoms with Crippen LogP contribution in [0.3, 0.4) is 0 Å². The van der Waals surface area contributed by atoms with Crippen LogP contribution in [-0.4, -0.2) is 5.25 Å². The Bertz CT molecular complexity index is 552. The van der Waals surface area contributed by atoms with Gasteiger partial charge >= 0.3 is 0 Å². The van der Waals surface area contributed by atoms with Crippen LogP contribution in [0.2, 0.25) is 0 Å². The Kier molecular flexibility index (Phi) is 5.94. The number of rotatable bonds is 7. The molecule has 3 heteroatoms. The second-order valence-corrected chi connectivity index (χ2v) is 8.40. The largest absolute Gasteiger partial charge is 0.127 e. The van der Waals surface area contributed by atoms with E-state index in [0.29, 0.717) is 5.25 Å². The molecule has 0 fully saturated rings. The van der Waals surface area contributed by atoms with Gasteiger partial charge in [-0.3, -0.25) is 0 Å². The van der Waals surface area contributed by atoms with Crippen LogP contribution in [0.4, 0.5) is 0 Å². The zero-order valence-corrected chi connectivity index (χ0v) is 14.7. The lowest BCUT2D eigenvalue weighted by Gasteiger charge is -2.08. The number of allylic oxidation sites excluding steroid dienone is 4. The highest BCUT2D eigenvalue weighted by Gasteiger charge is 2.23. The molecule has 1 unspecified atom stereocenters. The molecule has 1 aliphatic heterocycles. The molecule has 0 spiro atoms. The second kappa shape index (κ2) is 7.48. The van der Waals surface area contributed by atoms with Gasteiger partial charge in [0.1, 0.15) is 0 Å². The first kappa shape index (κ1) is 15.9. The van der Waals surface area contributed by atoms with Crippen molar-refractivity contribution < 1.29 is 0 Å². The molecule has 0 saturated carbocycles. The molecule has 0 bridgehead atoms. The Morgan fingerprint density at radius 2 is 1.85 bits per heavy atom. The third kappa shape index (κ3) is 3.38. The van der Waals surface area contributed by atoms with Crippen molar-refractivity contribution in [3.05, 3.63) is 63.8 Å². The minimum atomic E-state index is 0.655. The topological polar surface area (TPSA) is 0 Å². The molecule has 1 aromatic heterocycles. The normalized spacial score (nSPS) is 17.9. The first-order valence-electron chi connectivity index (χ1n) is 6.71. The van der Waals surface area contributed by atoms with Crippen LogP contribution in [0.5, 0.6) is 0 Å². The third-order valence-electron chi connectivity index (χ3n) is 3.28. The van der Waals surface area contributed by atoms with Crippen molar-refractivity contribution in [2.45, 2.75) is 30.9 Å². The van der Waals surface area contributed by atoms with Crippen molar-refractivity contribution in [1.82, 2.24) is 0 Å². The highest BCUT2D eigenvalue weighted by Crippen LogP contribution is 2.47. The van der Waals surface area contributed by atoms with E-state index in [1.165, 1.54) is 24.7 Å². The zero-order chi connectivity index (χ0) is 14.5. The van der Waals surface area contributed by atoms with Crippen LogP contribution in [0, 0.1) is 0 Å². The molecule has 0 saturated heterocycles. The molecule has 0 nitrogen and oxygen atoms in total. The van der Waals surface area contributed by atoms with Gasteiger partial charge < -0.3 is 0 Å². The van der Waals surface area contributed by atoms with Gasteiger partial charge in [-0.2, -0.15) is 0 Å². The lowest BCUT2D eigenvalue weighted by molar-refractivity contribution is 0.908. The summed E-state index contributed by atoms with van der Waals surface area (Å²) in [5.74, 6) is 0. The minimum absolute atomic E-state index is 0.655. The number of hydrogen-bond acceptors (Lipinski definition) is 2. The van der Waals surface area contributed by atoms with E-state index in [-0.39, 0.29) is 0 Å². The van der Waals surface area contributed by atoms with E-state index in [4.69, 9.17) is 0 Å². The summed E-state index contributed by atoms with van der Waals surface area (Å²) in [6.45, 7) is 11.6. The van der Waals surface area contributed by atoms with Crippen molar-refractivity contribution >= 4 is 43.9 Å². The van der Waals surface area contributed by atoms with Crippen LogP contribution in [-0.2, 0) is 12.8 Å². The van der Waals surface area contributed by atoms with E-state index in [9.17, 15) is 0 Å². The fraction of sp³-hybridized carbons (Fsp3) is 0.294. The molecule has 2 rings (SSSR count). The van der Waals surface area contributed by atoms with Crippen LogP contribution >= 0.6 is 39.0 Å². The second-order valence-electron chi connectivity index (χ2n) is 4.72. The molecule has 0 amide bonds. The minimum Gasteiger partial charge on any atom is -0.127 e. The molecule has 0 aliphatic carbocycles. The van der Waals surface area contributed by atoms with E-state index in [1.54, 1.807) is 0 Å². The Hall–Kier alpha value is -0.510. The van der Waals surface area contributed by atoms with Gasteiger partial charge in [-0.1, -0.05) is 24.3 Å². The van der Waals surface area contributed by atoms with Crippen molar-refractivity contribution in [2.24, 2.45) is 0 Å². The van der Waals surface area contributed by atoms with Crippen LogP contribution < -0.4 is 0 Å². The van der Waals surface area contributed by atoms with Gasteiger partial charge in [0.15, 0.2) is 0 Å². The number of thioether (sulfide) groups is 1. The molecule has 0 aromatic carbocycles. The Balaban J connectivity index is 2.32. The van der Waals surface area contributed by atoms with E-state index < -0.39 is 0 Å². The first-order chi connectivity index (χ1) is 9.71. The standard InChI is InChI=1S/C17H19BrS2/c1-4-7-12-10-11-15(19-12)16-13(8-5-2)14(9-6-3)17(18)20-16/h4-6,11-12H,1-3,7-10H2. The lowest BCUT2D eigenvalue weighted by atomic mass is 10.0. The quantitative estimate of drug-likeness (QED) is 0.503. The van der Waals surface area contributed by atoms with Gasteiger partial charge in [-0.25, -0.2) is 0 Å². The molecule has 20 heavy (non-hydrogen) atoms. The predicted molar refractivity (Wildman–Crippen MR) is 98.6 cm³/mol. The fourth-order valence-electron chi connectivity index (χ4n) is 2.37. The van der Waals surface area contributed by atoms with Crippen LogP contribution in [0.15, 0.2) is 47.8 Å². The average molecular weight is 367 g/mol. The molecule has 2 heterocycles.